The summed E-state index contributed by atoms with van der Waals surface area (Å²) in [5.74, 6) is -0.430. The lowest BCUT2D eigenvalue weighted by Crippen LogP contribution is -2.43. The molecule has 1 rings (SSSR count). The van der Waals surface area contributed by atoms with Crippen LogP contribution in [0.2, 0.25) is 0 Å². The molecule has 0 saturated heterocycles. The predicted octanol–water partition coefficient (Wildman–Crippen LogP) is 1.46. The Kier molecular flexibility index (Phi) is 7.22. The zero-order chi connectivity index (χ0) is 14.8. The molecule has 0 aliphatic rings. The molecule has 0 aliphatic carbocycles. The van der Waals surface area contributed by atoms with Gasteiger partial charge in [-0.2, -0.15) is 0 Å². The molecule has 5 heteroatoms. The molecule has 0 fully saturated rings. The number of carbonyl (C=O) groups excluding carboxylic acids is 1. The Morgan fingerprint density at radius 2 is 1.85 bits per heavy atom. The molecule has 0 amide bonds. The molecule has 0 spiro atoms. The van der Waals surface area contributed by atoms with Crippen LogP contribution in [0.15, 0.2) is 30.3 Å². The molecule has 0 bridgehead atoms. The van der Waals surface area contributed by atoms with Crippen LogP contribution in [-0.4, -0.2) is 39.5 Å². The van der Waals surface area contributed by atoms with E-state index in [1.807, 2.05) is 30.3 Å². The third-order valence-electron chi connectivity index (χ3n) is 2.90. The summed E-state index contributed by atoms with van der Waals surface area (Å²) in [7, 11) is 1.62. The van der Waals surface area contributed by atoms with Crippen LogP contribution in [0, 0.1) is 0 Å². The monoisotopic (exact) mass is 281 g/mol. The van der Waals surface area contributed by atoms with Crippen molar-refractivity contribution in [2.24, 2.45) is 5.73 Å². The highest BCUT2D eigenvalue weighted by Gasteiger charge is 2.31. The summed E-state index contributed by atoms with van der Waals surface area (Å²) in [6.45, 7) is 3.59. The molecule has 5 nitrogen and oxygen atoms in total. The van der Waals surface area contributed by atoms with Gasteiger partial charge in [0.05, 0.1) is 19.8 Å². The molecule has 0 radical (unpaired) electrons. The predicted molar refractivity (Wildman–Crippen MR) is 76.3 cm³/mol. The minimum Gasteiger partial charge on any atom is -0.464 e. The van der Waals surface area contributed by atoms with Crippen molar-refractivity contribution in [3.05, 3.63) is 35.9 Å². The zero-order valence-electron chi connectivity index (χ0n) is 12.1. The van der Waals surface area contributed by atoms with Crippen molar-refractivity contribution in [2.45, 2.75) is 18.9 Å². The first-order valence-electron chi connectivity index (χ1n) is 6.67. The summed E-state index contributed by atoms with van der Waals surface area (Å²) in [5.41, 5.74) is 5.65. The van der Waals surface area contributed by atoms with Crippen LogP contribution in [0.1, 0.15) is 18.9 Å². The van der Waals surface area contributed by atoms with E-state index in [-0.39, 0.29) is 0 Å². The van der Waals surface area contributed by atoms with Crippen molar-refractivity contribution in [1.82, 2.24) is 0 Å². The number of hydrogen-bond donors (Lipinski definition) is 1. The van der Waals surface area contributed by atoms with E-state index in [0.717, 1.165) is 5.56 Å². The molecule has 20 heavy (non-hydrogen) atoms. The van der Waals surface area contributed by atoms with Gasteiger partial charge in [0.1, 0.15) is 5.54 Å². The van der Waals surface area contributed by atoms with Crippen LogP contribution in [-0.2, 0) is 24.5 Å². The number of hydrogen-bond acceptors (Lipinski definition) is 5. The maximum absolute atomic E-state index is 12.0. The highest BCUT2D eigenvalue weighted by Crippen LogP contribution is 2.18. The van der Waals surface area contributed by atoms with Gasteiger partial charge >= 0.3 is 5.97 Å². The van der Waals surface area contributed by atoms with Crippen molar-refractivity contribution < 1.29 is 19.0 Å². The van der Waals surface area contributed by atoms with Gasteiger partial charge in [0, 0.05) is 20.1 Å². The second kappa shape index (κ2) is 8.68. The normalized spacial score (nSPS) is 13.8. The Labute approximate surface area is 120 Å². The van der Waals surface area contributed by atoms with Crippen LogP contribution < -0.4 is 5.73 Å². The lowest BCUT2D eigenvalue weighted by atomic mass is 9.93. The lowest BCUT2D eigenvalue weighted by Gasteiger charge is -2.22. The van der Waals surface area contributed by atoms with E-state index in [1.165, 1.54) is 0 Å². The number of carbonyl (C=O) groups is 1. The fourth-order valence-electron chi connectivity index (χ4n) is 1.62. The van der Waals surface area contributed by atoms with Crippen LogP contribution >= 0.6 is 0 Å². The van der Waals surface area contributed by atoms with Crippen molar-refractivity contribution in [2.75, 3.05) is 33.5 Å². The second-order valence-electron chi connectivity index (χ2n) is 4.66. The Bertz CT molecular complexity index is 392. The van der Waals surface area contributed by atoms with Gasteiger partial charge < -0.3 is 19.9 Å². The van der Waals surface area contributed by atoms with Crippen molar-refractivity contribution in [3.63, 3.8) is 0 Å². The summed E-state index contributed by atoms with van der Waals surface area (Å²) in [4.78, 5) is 12.0. The van der Waals surface area contributed by atoms with Crippen LogP contribution in [0.3, 0.4) is 0 Å². The van der Waals surface area contributed by atoms with Gasteiger partial charge in [-0.3, -0.25) is 0 Å². The van der Waals surface area contributed by atoms with E-state index in [9.17, 15) is 4.79 Å². The third kappa shape index (κ3) is 5.28. The minimum absolute atomic E-state index is 0.297. The van der Waals surface area contributed by atoms with Crippen molar-refractivity contribution >= 4 is 5.97 Å². The number of benzene rings is 1. The first-order valence-corrected chi connectivity index (χ1v) is 6.67. The maximum Gasteiger partial charge on any atom is 0.330 e. The van der Waals surface area contributed by atoms with Crippen LogP contribution in [0.5, 0.6) is 0 Å². The Hall–Kier alpha value is -1.43. The fraction of sp³-hybridized carbons (Fsp3) is 0.533. The molecule has 0 aromatic heterocycles. The average Bonchev–Trinajstić information content (AvgIpc) is 2.47. The Balaban J connectivity index is 2.28. The van der Waals surface area contributed by atoms with Gasteiger partial charge in [-0.25, -0.2) is 4.79 Å². The molecule has 0 heterocycles. The van der Waals surface area contributed by atoms with E-state index < -0.39 is 11.5 Å². The molecule has 0 saturated carbocycles. The lowest BCUT2D eigenvalue weighted by molar-refractivity contribution is -0.150. The van der Waals surface area contributed by atoms with Gasteiger partial charge in [-0.15, -0.1) is 0 Å². The molecule has 1 unspecified atom stereocenters. The van der Waals surface area contributed by atoms with E-state index in [2.05, 4.69) is 0 Å². The standard InChI is InChI=1S/C15H23NO4/c1-15(16,13-7-4-3-5-8-13)14(17)20-10-6-9-19-12-11-18-2/h3-5,7-8H,6,9-12,16H2,1-2H3. The van der Waals surface area contributed by atoms with Gasteiger partial charge in [0.15, 0.2) is 0 Å². The molecular formula is C15H23NO4. The summed E-state index contributed by atoms with van der Waals surface area (Å²) >= 11 is 0. The quantitative estimate of drug-likeness (QED) is 0.548. The van der Waals surface area contributed by atoms with E-state index in [4.69, 9.17) is 19.9 Å². The maximum atomic E-state index is 12.0. The summed E-state index contributed by atoms with van der Waals surface area (Å²) < 4.78 is 15.3. The third-order valence-corrected chi connectivity index (χ3v) is 2.90. The first-order chi connectivity index (χ1) is 9.59. The highest BCUT2D eigenvalue weighted by atomic mass is 16.5. The molecular weight excluding hydrogens is 258 g/mol. The first kappa shape index (κ1) is 16.6. The largest absolute Gasteiger partial charge is 0.464 e. The van der Waals surface area contributed by atoms with Crippen LogP contribution in [0.4, 0.5) is 0 Å². The zero-order valence-corrected chi connectivity index (χ0v) is 12.1. The van der Waals surface area contributed by atoms with Crippen molar-refractivity contribution in [3.8, 4) is 0 Å². The summed E-state index contributed by atoms with van der Waals surface area (Å²) in [5, 5.41) is 0. The molecule has 112 valence electrons. The summed E-state index contributed by atoms with van der Waals surface area (Å²) in [6.07, 6.45) is 0.639. The topological polar surface area (TPSA) is 70.8 Å². The second-order valence-corrected chi connectivity index (χ2v) is 4.66. The van der Waals surface area contributed by atoms with Crippen LogP contribution in [0.25, 0.3) is 0 Å². The molecule has 1 aromatic rings. The average molecular weight is 281 g/mol. The molecule has 2 N–H and O–H groups in total. The number of ether oxygens (including phenoxy) is 3. The smallest absolute Gasteiger partial charge is 0.330 e. The molecule has 1 aromatic carbocycles. The molecule has 1 atom stereocenters. The number of methoxy groups -OCH3 is 1. The van der Waals surface area contributed by atoms with Crippen molar-refractivity contribution in [1.29, 1.82) is 0 Å². The Morgan fingerprint density at radius 1 is 1.15 bits per heavy atom. The SMILES string of the molecule is COCCOCCCOC(=O)C(C)(N)c1ccccc1. The number of nitrogens with two attached hydrogens (primary N) is 1. The van der Waals surface area contributed by atoms with E-state index >= 15 is 0 Å². The van der Waals surface area contributed by atoms with Gasteiger partial charge in [0.2, 0.25) is 0 Å². The van der Waals surface area contributed by atoms with E-state index in [0.29, 0.717) is 32.8 Å². The minimum atomic E-state index is -1.13. The number of rotatable bonds is 9. The van der Waals surface area contributed by atoms with Gasteiger partial charge in [-0.1, -0.05) is 30.3 Å². The summed E-state index contributed by atoms with van der Waals surface area (Å²) in [6, 6.07) is 9.20. The highest BCUT2D eigenvalue weighted by molar-refractivity contribution is 5.81. The number of esters is 1. The fourth-order valence-corrected chi connectivity index (χ4v) is 1.62. The van der Waals surface area contributed by atoms with E-state index in [1.54, 1.807) is 14.0 Å². The Morgan fingerprint density at radius 3 is 2.50 bits per heavy atom. The van der Waals surface area contributed by atoms with Gasteiger partial charge in [-0.05, 0) is 12.5 Å². The molecule has 0 aliphatic heterocycles. The van der Waals surface area contributed by atoms with Gasteiger partial charge in [0.25, 0.3) is 0 Å².